The van der Waals surface area contributed by atoms with E-state index >= 15 is 0 Å². The van der Waals surface area contributed by atoms with Gasteiger partial charge in [0.25, 0.3) is 0 Å². The summed E-state index contributed by atoms with van der Waals surface area (Å²) in [4.78, 5) is 0. The molecule has 2 rings (SSSR count). The molecule has 0 heterocycles. The molecule has 0 bridgehead atoms. The fraction of sp³-hybridized carbons (Fsp3) is 0.200. The normalized spacial score (nSPS) is 12.2. The van der Waals surface area contributed by atoms with Gasteiger partial charge in [-0.3, -0.25) is 0 Å². The summed E-state index contributed by atoms with van der Waals surface area (Å²) < 4.78 is 19.1. The van der Waals surface area contributed by atoms with Crippen molar-refractivity contribution < 1.29 is 19.3 Å². The van der Waals surface area contributed by atoms with Crippen LogP contribution in [0.3, 0.4) is 0 Å². The van der Waals surface area contributed by atoms with E-state index in [2.05, 4.69) is 0 Å². The van der Waals surface area contributed by atoms with Crippen molar-refractivity contribution in [2.24, 2.45) is 0 Å². The number of rotatable bonds is 4. The van der Waals surface area contributed by atoms with Crippen molar-refractivity contribution in [3.63, 3.8) is 0 Å². The van der Waals surface area contributed by atoms with E-state index in [1.54, 1.807) is 30.3 Å². The van der Waals surface area contributed by atoms with Gasteiger partial charge in [0.15, 0.2) is 0 Å². The molecule has 1 unspecified atom stereocenters. The topological polar surface area (TPSA) is 49.7 Å². The first-order chi connectivity index (χ1) is 9.06. The van der Waals surface area contributed by atoms with Crippen LogP contribution in [0.4, 0.5) is 4.39 Å². The summed E-state index contributed by atoms with van der Waals surface area (Å²) in [6, 6.07) is 11.0. The molecule has 0 aliphatic carbocycles. The second-order valence-electron chi connectivity index (χ2n) is 4.31. The van der Waals surface area contributed by atoms with Gasteiger partial charge < -0.3 is 14.9 Å². The third-order valence-corrected chi connectivity index (χ3v) is 2.76. The number of halogens is 1. The Kier molecular flexibility index (Phi) is 4.02. The van der Waals surface area contributed by atoms with E-state index in [1.807, 2.05) is 0 Å². The quantitative estimate of drug-likeness (QED) is 0.889. The van der Waals surface area contributed by atoms with Gasteiger partial charge in [0.1, 0.15) is 23.9 Å². The number of benzene rings is 2. The van der Waals surface area contributed by atoms with Gasteiger partial charge in [0.2, 0.25) is 0 Å². The molecule has 19 heavy (non-hydrogen) atoms. The highest BCUT2D eigenvalue weighted by Gasteiger charge is 2.09. The lowest BCUT2D eigenvalue weighted by Crippen LogP contribution is -1.99. The number of ether oxygens (including phenoxy) is 1. The minimum Gasteiger partial charge on any atom is -0.508 e. The molecule has 0 aliphatic heterocycles. The molecule has 1 atom stereocenters. The lowest BCUT2D eigenvalue weighted by Gasteiger charge is -2.10. The molecule has 100 valence electrons. The number of aromatic hydroxyl groups is 1. The largest absolute Gasteiger partial charge is 0.508 e. The highest BCUT2D eigenvalue weighted by atomic mass is 19.1. The van der Waals surface area contributed by atoms with E-state index in [4.69, 9.17) is 9.84 Å². The van der Waals surface area contributed by atoms with Gasteiger partial charge in [-0.1, -0.05) is 12.1 Å². The van der Waals surface area contributed by atoms with Crippen LogP contribution in [0.25, 0.3) is 0 Å². The monoisotopic (exact) mass is 262 g/mol. The van der Waals surface area contributed by atoms with Crippen molar-refractivity contribution in [3.05, 3.63) is 59.4 Å². The first-order valence-electron chi connectivity index (χ1n) is 5.94. The molecule has 0 saturated carbocycles. The predicted molar refractivity (Wildman–Crippen MR) is 69.5 cm³/mol. The van der Waals surface area contributed by atoms with Gasteiger partial charge >= 0.3 is 0 Å². The van der Waals surface area contributed by atoms with E-state index in [-0.39, 0.29) is 17.9 Å². The smallest absolute Gasteiger partial charge is 0.132 e. The zero-order chi connectivity index (χ0) is 13.8. The summed E-state index contributed by atoms with van der Waals surface area (Å²) in [5.41, 5.74) is 1.12. The second-order valence-corrected chi connectivity index (χ2v) is 4.31. The number of aliphatic hydroxyl groups excluding tert-OH is 1. The molecule has 0 amide bonds. The molecule has 0 radical (unpaired) electrons. The number of phenolic OH excluding ortho intramolecular Hbond substituents is 1. The van der Waals surface area contributed by atoms with Gasteiger partial charge in [-0.25, -0.2) is 4.39 Å². The van der Waals surface area contributed by atoms with Gasteiger partial charge in [-0.2, -0.15) is 0 Å². The van der Waals surface area contributed by atoms with E-state index < -0.39 is 11.9 Å². The van der Waals surface area contributed by atoms with Crippen molar-refractivity contribution >= 4 is 0 Å². The Hall–Kier alpha value is -2.07. The van der Waals surface area contributed by atoms with E-state index in [1.165, 1.54) is 19.1 Å². The number of hydrogen-bond donors (Lipinski definition) is 2. The van der Waals surface area contributed by atoms with Crippen LogP contribution in [0.2, 0.25) is 0 Å². The SMILES string of the molecule is CC(O)c1ccc(OCc2ccc(O)cc2)cc1F. The Bertz CT molecular complexity index is 550. The van der Waals surface area contributed by atoms with E-state index in [0.717, 1.165) is 5.56 Å². The van der Waals surface area contributed by atoms with Gasteiger partial charge in [-0.05, 0) is 36.8 Å². The first kappa shape index (κ1) is 13.4. The first-order valence-corrected chi connectivity index (χ1v) is 5.94. The Morgan fingerprint density at radius 3 is 2.42 bits per heavy atom. The molecule has 4 heteroatoms. The highest BCUT2D eigenvalue weighted by molar-refractivity contribution is 5.31. The Labute approximate surface area is 110 Å². The van der Waals surface area contributed by atoms with Gasteiger partial charge in [0, 0.05) is 11.6 Å². The van der Waals surface area contributed by atoms with Crippen LogP contribution in [0, 0.1) is 5.82 Å². The van der Waals surface area contributed by atoms with Crippen molar-refractivity contribution in [1.29, 1.82) is 0 Å². The molecule has 2 aromatic carbocycles. The van der Waals surface area contributed by atoms with Crippen LogP contribution in [0.1, 0.15) is 24.2 Å². The lowest BCUT2D eigenvalue weighted by atomic mass is 10.1. The highest BCUT2D eigenvalue weighted by Crippen LogP contribution is 2.22. The standard InChI is InChI=1S/C15H15FO3/c1-10(17)14-7-6-13(8-15(14)16)19-9-11-2-4-12(18)5-3-11/h2-8,10,17-18H,9H2,1H3. The molecule has 0 aliphatic rings. The van der Waals surface area contributed by atoms with Crippen LogP contribution in [-0.4, -0.2) is 10.2 Å². The molecule has 0 aromatic heterocycles. The third-order valence-electron chi connectivity index (χ3n) is 2.76. The van der Waals surface area contributed by atoms with Crippen LogP contribution in [0.5, 0.6) is 11.5 Å². The van der Waals surface area contributed by atoms with Crippen LogP contribution >= 0.6 is 0 Å². The zero-order valence-electron chi connectivity index (χ0n) is 10.5. The average molecular weight is 262 g/mol. The van der Waals surface area contributed by atoms with E-state index in [0.29, 0.717) is 5.75 Å². The average Bonchev–Trinajstić information content (AvgIpc) is 2.37. The van der Waals surface area contributed by atoms with Crippen LogP contribution in [0.15, 0.2) is 42.5 Å². The second kappa shape index (κ2) is 5.71. The summed E-state index contributed by atoms with van der Waals surface area (Å²) in [5.74, 6) is 0.101. The van der Waals surface area contributed by atoms with Crippen molar-refractivity contribution in [2.45, 2.75) is 19.6 Å². The Morgan fingerprint density at radius 2 is 1.84 bits per heavy atom. The van der Waals surface area contributed by atoms with Crippen molar-refractivity contribution in [1.82, 2.24) is 0 Å². The van der Waals surface area contributed by atoms with Crippen LogP contribution < -0.4 is 4.74 Å². The molecule has 2 N–H and O–H groups in total. The van der Waals surface area contributed by atoms with E-state index in [9.17, 15) is 9.50 Å². The molecule has 2 aromatic rings. The minimum atomic E-state index is -0.842. The molecule has 0 saturated heterocycles. The maximum Gasteiger partial charge on any atom is 0.132 e. The Balaban J connectivity index is 2.04. The molecule has 0 spiro atoms. The minimum absolute atomic E-state index is 0.191. The maximum atomic E-state index is 13.6. The zero-order valence-corrected chi connectivity index (χ0v) is 10.5. The number of aliphatic hydroxyl groups is 1. The maximum absolute atomic E-state index is 13.6. The molecule has 0 fully saturated rings. The summed E-state index contributed by atoms with van der Waals surface area (Å²) in [5, 5.41) is 18.5. The summed E-state index contributed by atoms with van der Waals surface area (Å²) in [6.45, 7) is 1.79. The fourth-order valence-electron chi connectivity index (χ4n) is 1.70. The summed E-state index contributed by atoms with van der Waals surface area (Å²) in [6.07, 6.45) is -0.842. The Morgan fingerprint density at radius 1 is 1.16 bits per heavy atom. The predicted octanol–water partition coefficient (Wildman–Crippen LogP) is 3.16. The van der Waals surface area contributed by atoms with Crippen molar-refractivity contribution in [2.75, 3.05) is 0 Å². The lowest BCUT2D eigenvalue weighted by molar-refractivity contribution is 0.194. The molecule has 3 nitrogen and oxygen atoms in total. The van der Waals surface area contributed by atoms with Gasteiger partial charge in [0.05, 0.1) is 6.10 Å². The van der Waals surface area contributed by atoms with Crippen LogP contribution in [-0.2, 0) is 6.61 Å². The molecular weight excluding hydrogens is 247 g/mol. The summed E-state index contributed by atoms with van der Waals surface area (Å²) >= 11 is 0. The summed E-state index contributed by atoms with van der Waals surface area (Å²) in [7, 11) is 0. The van der Waals surface area contributed by atoms with Crippen molar-refractivity contribution in [3.8, 4) is 11.5 Å². The molecular formula is C15H15FO3. The fourth-order valence-corrected chi connectivity index (χ4v) is 1.70. The van der Waals surface area contributed by atoms with Gasteiger partial charge in [-0.15, -0.1) is 0 Å². The number of hydrogen-bond acceptors (Lipinski definition) is 3. The number of phenols is 1. The third kappa shape index (κ3) is 3.45.